The van der Waals surface area contributed by atoms with E-state index in [-0.39, 0.29) is 24.0 Å². The van der Waals surface area contributed by atoms with Crippen molar-refractivity contribution in [1.82, 2.24) is 10.6 Å². The predicted octanol–water partition coefficient (Wildman–Crippen LogP) is 2.38. The monoisotopic (exact) mass is 369 g/mol. The van der Waals surface area contributed by atoms with Crippen LogP contribution < -0.4 is 10.6 Å². The maximum Gasteiger partial charge on any atom is 0.191 e. The molecule has 1 aliphatic carbocycles. The van der Waals surface area contributed by atoms with Crippen LogP contribution >= 0.6 is 24.0 Å². The first-order valence-electron chi connectivity index (χ1n) is 6.85. The summed E-state index contributed by atoms with van der Waals surface area (Å²) in [6, 6.07) is 0.648. The highest BCUT2D eigenvalue weighted by Gasteiger charge is 2.21. The molecule has 0 spiro atoms. The Kier molecular flexibility index (Phi) is 10.8. The zero-order valence-electron chi connectivity index (χ0n) is 11.9. The van der Waals surface area contributed by atoms with Crippen molar-refractivity contribution in [2.75, 3.05) is 26.3 Å². The molecule has 0 aliphatic heterocycles. The molecule has 0 radical (unpaired) electrons. The molecule has 0 saturated heterocycles. The minimum atomic E-state index is 0. The van der Waals surface area contributed by atoms with Gasteiger partial charge in [0.2, 0.25) is 0 Å². The first kappa shape index (κ1) is 18.0. The van der Waals surface area contributed by atoms with E-state index >= 15 is 0 Å². The highest BCUT2D eigenvalue weighted by atomic mass is 127. The molecule has 1 saturated carbocycles. The van der Waals surface area contributed by atoms with E-state index in [0.29, 0.717) is 18.6 Å². The van der Waals surface area contributed by atoms with Gasteiger partial charge in [0.25, 0.3) is 0 Å². The lowest BCUT2D eigenvalue weighted by Gasteiger charge is -2.10. The Labute approximate surface area is 128 Å². The van der Waals surface area contributed by atoms with Crippen molar-refractivity contribution in [2.45, 2.75) is 46.1 Å². The van der Waals surface area contributed by atoms with Gasteiger partial charge < -0.3 is 15.4 Å². The van der Waals surface area contributed by atoms with Gasteiger partial charge in [-0.2, -0.15) is 0 Å². The highest BCUT2D eigenvalue weighted by Crippen LogP contribution is 2.18. The van der Waals surface area contributed by atoms with Crippen LogP contribution in [0.4, 0.5) is 0 Å². The molecular formula is C13H28IN3O. The fourth-order valence-corrected chi connectivity index (χ4v) is 1.38. The number of nitrogens with one attached hydrogen (secondary N) is 2. The zero-order valence-corrected chi connectivity index (χ0v) is 14.2. The van der Waals surface area contributed by atoms with E-state index in [0.717, 1.165) is 32.1 Å². The SMILES string of the molecule is CCNC(=NCCOCCC(C)C)NC1CC1.I. The van der Waals surface area contributed by atoms with E-state index in [1.54, 1.807) is 0 Å². The van der Waals surface area contributed by atoms with Crippen molar-refractivity contribution >= 4 is 29.9 Å². The Hall–Kier alpha value is -0.0400. The van der Waals surface area contributed by atoms with Crippen molar-refractivity contribution in [1.29, 1.82) is 0 Å². The number of hydrogen-bond donors (Lipinski definition) is 2. The van der Waals surface area contributed by atoms with Crippen LogP contribution in [0.5, 0.6) is 0 Å². The van der Waals surface area contributed by atoms with Crippen molar-refractivity contribution in [3.8, 4) is 0 Å². The number of hydrogen-bond acceptors (Lipinski definition) is 2. The van der Waals surface area contributed by atoms with E-state index in [9.17, 15) is 0 Å². The topological polar surface area (TPSA) is 45.7 Å². The van der Waals surface area contributed by atoms with Crippen molar-refractivity contribution in [3.05, 3.63) is 0 Å². The van der Waals surface area contributed by atoms with Crippen LogP contribution in [-0.4, -0.2) is 38.3 Å². The lowest BCUT2D eigenvalue weighted by molar-refractivity contribution is 0.130. The molecular weight excluding hydrogens is 341 g/mol. The van der Waals surface area contributed by atoms with Crippen LogP contribution in [0, 0.1) is 5.92 Å². The average molecular weight is 369 g/mol. The van der Waals surface area contributed by atoms with Crippen molar-refractivity contribution in [2.24, 2.45) is 10.9 Å². The van der Waals surface area contributed by atoms with Gasteiger partial charge in [-0.3, -0.25) is 4.99 Å². The number of rotatable bonds is 8. The van der Waals surface area contributed by atoms with Gasteiger partial charge in [-0.15, -0.1) is 24.0 Å². The molecule has 0 bridgehead atoms. The summed E-state index contributed by atoms with van der Waals surface area (Å²) in [5.74, 6) is 1.65. The largest absolute Gasteiger partial charge is 0.380 e. The summed E-state index contributed by atoms with van der Waals surface area (Å²) in [5, 5.41) is 6.63. The Balaban J connectivity index is 0.00000289. The normalized spacial score (nSPS) is 15.4. The zero-order chi connectivity index (χ0) is 12.5. The molecule has 1 rings (SSSR count). The molecule has 0 aromatic carbocycles. The number of guanidine groups is 1. The Morgan fingerprint density at radius 1 is 1.33 bits per heavy atom. The summed E-state index contributed by atoms with van der Waals surface area (Å²) in [6.07, 6.45) is 3.68. The van der Waals surface area contributed by atoms with Crippen LogP contribution in [0.25, 0.3) is 0 Å². The molecule has 0 unspecified atom stereocenters. The summed E-state index contributed by atoms with van der Waals surface area (Å²) in [7, 11) is 0. The van der Waals surface area contributed by atoms with Gasteiger partial charge >= 0.3 is 0 Å². The molecule has 2 N–H and O–H groups in total. The number of aliphatic imine (C=N–C) groups is 1. The van der Waals surface area contributed by atoms with Gasteiger partial charge in [0.05, 0.1) is 13.2 Å². The molecule has 0 aromatic heterocycles. The van der Waals surface area contributed by atoms with Gasteiger partial charge in [0, 0.05) is 19.2 Å². The van der Waals surface area contributed by atoms with Crippen LogP contribution in [0.3, 0.4) is 0 Å². The Morgan fingerprint density at radius 3 is 2.61 bits per heavy atom. The van der Waals surface area contributed by atoms with Gasteiger partial charge in [-0.25, -0.2) is 0 Å². The first-order chi connectivity index (χ1) is 8.22. The lowest BCUT2D eigenvalue weighted by Crippen LogP contribution is -2.38. The second-order valence-electron chi connectivity index (χ2n) is 4.97. The third kappa shape index (κ3) is 9.94. The third-order valence-electron chi connectivity index (χ3n) is 2.61. The number of halogens is 1. The van der Waals surface area contributed by atoms with E-state index in [4.69, 9.17) is 4.74 Å². The van der Waals surface area contributed by atoms with E-state index in [2.05, 4.69) is 36.4 Å². The number of nitrogens with zero attached hydrogens (tertiary/aromatic N) is 1. The minimum Gasteiger partial charge on any atom is -0.380 e. The van der Waals surface area contributed by atoms with E-state index < -0.39 is 0 Å². The lowest BCUT2D eigenvalue weighted by atomic mass is 10.1. The first-order valence-corrected chi connectivity index (χ1v) is 6.85. The third-order valence-corrected chi connectivity index (χ3v) is 2.61. The summed E-state index contributed by atoms with van der Waals surface area (Å²) in [4.78, 5) is 4.48. The summed E-state index contributed by atoms with van der Waals surface area (Å²) < 4.78 is 5.53. The molecule has 0 amide bonds. The Morgan fingerprint density at radius 2 is 2.06 bits per heavy atom. The number of ether oxygens (including phenoxy) is 1. The average Bonchev–Trinajstić information content (AvgIpc) is 3.06. The van der Waals surface area contributed by atoms with Crippen molar-refractivity contribution < 1.29 is 4.74 Å². The maximum atomic E-state index is 5.53. The van der Waals surface area contributed by atoms with Gasteiger partial charge in [-0.1, -0.05) is 13.8 Å². The summed E-state index contributed by atoms with van der Waals surface area (Å²) >= 11 is 0. The predicted molar refractivity (Wildman–Crippen MR) is 87.8 cm³/mol. The fourth-order valence-electron chi connectivity index (χ4n) is 1.38. The molecule has 0 heterocycles. The molecule has 18 heavy (non-hydrogen) atoms. The molecule has 1 aliphatic rings. The molecule has 4 nitrogen and oxygen atoms in total. The standard InChI is InChI=1S/C13H27N3O.HI/c1-4-14-13(16-12-5-6-12)15-8-10-17-9-7-11(2)3;/h11-12H,4-10H2,1-3H3,(H2,14,15,16);1H. The smallest absolute Gasteiger partial charge is 0.191 e. The molecule has 1 fully saturated rings. The van der Waals surface area contributed by atoms with E-state index in [1.165, 1.54) is 12.8 Å². The second-order valence-corrected chi connectivity index (χ2v) is 4.97. The van der Waals surface area contributed by atoms with Crippen molar-refractivity contribution in [3.63, 3.8) is 0 Å². The minimum absolute atomic E-state index is 0. The second kappa shape index (κ2) is 10.8. The van der Waals surface area contributed by atoms with Crippen LogP contribution in [0.2, 0.25) is 0 Å². The summed E-state index contributed by atoms with van der Waals surface area (Å²) in [6.45, 7) is 9.72. The van der Waals surface area contributed by atoms with Crippen LogP contribution in [-0.2, 0) is 4.74 Å². The quantitative estimate of drug-likeness (QED) is 0.299. The molecule has 0 aromatic rings. The van der Waals surface area contributed by atoms with Gasteiger partial charge in [-0.05, 0) is 32.1 Å². The van der Waals surface area contributed by atoms with Gasteiger partial charge in [0.1, 0.15) is 0 Å². The molecule has 108 valence electrons. The van der Waals surface area contributed by atoms with Crippen LogP contribution in [0.15, 0.2) is 4.99 Å². The van der Waals surface area contributed by atoms with E-state index in [1.807, 2.05) is 0 Å². The summed E-state index contributed by atoms with van der Waals surface area (Å²) in [5.41, 5.74) is 0. The maximum absolute atomic E-state index is 5.53. The van der Waals surface area contributed by atoms with Gasteiger partial charge in [0.15, 0.2) is 5.96 Å². The fraction of sp³-hybridized carbons (Fsp3) is 0.923. The Bertz CT molecular complexity index is 230. The highest BCUT2D eigenvalue weighted by molar-refractivity contribution is 14.0. The molecule has 5 heteroatoms. The van der Waals surface area contributed by atoms with Crippen LogP contribution in [0.1, 0.15) is 40.0 Å². The molecule has 0 atom stereocenters.